The summed E-state index contributed by atoms with van der Waals surface area (Å²) in [6, 6.07) is -0.232. The minimum absolute atomic E-state index is 0.232. The lowest BCUT2D eigenvalue weighted by molar-refractivity contribution is -0.386. The topological polar surface area (TPSA) is 56.0 Å². The van der Waals surface area contributed by atoms with Crippen LogP contribution in [0.4, 0.5) is 32.0 Å². The summed E-state index contributed by atoms with van der Waals surface area (Å²) in [5.41, 5.74) is -5.35. The number of halogens is 6. The van der Waals surface area contributed by atoms with Crippen LogP contribution in [-0.4, -0.2) is 9.91 Å². The van der Waals surface area contributed by atoms with E-state index in [0.29, 0.717) is 0 Å². The van der Waals surface area contributed by atoms with E-state index in [4.69, 9.17) is 0 Å². The molecule has 0 bridgehead atoms. The molecule has 0 atom stereocenters. The normalized spacial score (nSPS) is 11.9. The monoisotopic (exact) mass is 260 g/mol. The molecule has 1 aromatic rings. The highest BCUT2D eigenvalue weighted by molar-refractivity contribution is 5.42. The molecule has 1 aromatic heterocycles. The molecule has 0 unspecified atom stereocenters. The van der Waals surface area contributed by atoms with Crippen LogP contribution < -0.4 is 0 Å². The zero-order chi connectivity index (χ0) is 13.4. The summed E-state index contributed by atoms with van der Waals surface area (Å²) in [4.78, 5) is 11.0. The number of nitrogens with zero attached hydrogens (tertiary/aromatic N) is 2. The van der Waals surface area contributed by atoms with Crippen LogP contribution in [0.5, 0.6) is 0 Å². The van der Waals surface area contributed by atoms with Gasteiger partial charge in [-0.25, -0.2) is 13.8 Å². The second kappa shape index (κ2) is 4.18. The lowest BCUT2D eigenvalue weighted by atomic mass is 10.2. The Balaban J connectivity index is 3.53. The van der Waals surface area contributed by atoms with Crippen LogP contribution in [0.3, 0.4) is 0 Å². The summed E-state index contributed by atoms with van der Waals surface area (Å²) in [6.45, 7) is 0. The fourth-order valence-electron chi connectivity index (χ4n) is 1.01. The lowest BCUT2D eigenvalue weighted by Gasteiger charge is -2.08. The van der Waals surface area contributed by atoms with E-state index in [2.05, 4.69) is 4.98 Å². The van der Waals surface area contributed by atoms with Crippen molar-refractivity contribution in [2.75, 3.05) is 0 Å². The number of nitro groups is 1. The minimum Gasteiger partial charge on any atom is -0.258 e. The molecule has 17 heavy (non-hydrogen) atoms. The molecular weight excluding hydrogens is 258 g/mol. The number of hydrogen-bond donors (Lipinski definition) is 0. The second-order valence-electron chi connectivity index (χ2n) is 2.79. The number of pyridine rings is 1. The SMILES string of the molecule is O=[N+]([O-])c1cc(C(F)(F)F)nc(F)c1C(F)F. The Morgan fingerprint density at radius 3 is 2.24 bits per heavy atom. The second-order valence-corrected chi connectivity index (χ2v) is 2.79. The van der Waals surface area contributed by atoms with Gasteiger partial charge in [0, 0.05) is 6.07 Å². The minimum atomic E-state index is -5.16. The Hall–Kier alpha value is -1.87. The molecule has 0 aromatic carbocycles. The van der Waals surface area contributed by atoms with Gasteiger partial charge < -0.3 is 0 Å². The Labute approximate surface area is 89.0 Å². The van der Waals surface area contributed by atoms with Gasteiger partial charge in [0.05, 0.1) is 4.92 Å². The van der Waals surface area contributed by atoms with Gasteiger partial charge in [-0.1, -0.05) is 0 Å². The molecule has 1 rings (SSSR count). The first kappa shape index (κ1) is 13.2. The smallest absolute Gasteiger partial charge is 0.258 e. The third-order valence-electron chi connectivity index (χ3n) is 1.70. The zero-order valence-electron chi connectivity index (χ0n) is 7.63. The highest BCUT2D eigenvalue weighted by Gasteiger charge is 2.38. The molecule has 0 radical (unpaired) electrons. The van der Waals surface area contributed by atoms with Gasteiger partial charge >= 0.3 is 6.18 Å². The van der Waals surface area contributed by atoms with Crippen molar-refractivity contribution in [1.29, 1.82) is 0 Å². The standard InChI is InChI=1S/C7H2F6N2O2/c8-5(9)4-2(15(16)17)1-3(7(11,12)13)14-6(4)10/h1,5H. The fraction of sp³-hybridized carbons (Fsp3) is 0.286. The maximum atomic E-state index is 12.9. The Kier molecular flexibility index (Phi) is 3.25. The molecule has 0 saturated carbocycles. The molecular formula is C7H2F6N2O2. The van der Waals surface area contributed by atoms with Crippen molar-refractivity contribution in [3.63, 3.8) is 0 Å². The molecule has 0 aliphatic heterocycles. The molecule has 0 N–H and O–H groups in total. The fourth-order valence-corrected chi connectivity index (χ4v) is 1.01. The summed E-state index contributed by atoms with van der Waals surface area (Å²) in [6.07, 6.45) is -8.79. The average Bonchev–Trinajstić information content (AvgIpc) is 2.13. The third kappa shape index (κ3) is 2.63. The summed E-state index contributed by atoms with van der Waals surface area (Å²) < 4.78 is 73.6. The average molecular weight is 260 g/mol. The van der Waals surface area contributed by atoms with E-state index in [1.165, 1.54) is 0 Å². The summed E-state index contributed by atoms with van der Waals surface area (Å²) in [5.74, 6) is -2.21. The van der Waals surface area contributed by atoms with Crippen molar-refractivity contribution in [3.8, 4) is 0 Å². The molecule has 0 spiro atoms. The quantitative estimate of drug-likeness (QED) is 0.355. The van der Waals surface area contributed by atoms with Gasteiger partial charge in [0.2, 0.25) is 5.95 Å². The van der Waals surface area contributed by atoms with E-state index >= 15 is 0 Å². The van der Waals surface area contributed by atoms with Crippen LogP contribution in [0.1, 0.15) is 17.7 Å². The van der Waals surface area contributed by atoms with E-state index in [1.807, 2.05) is 0 Å². The lowest BCUT2D eigenvalue weighted by Crippen LogP contribution is -2.12. The van der Waals surface area contributed by atoms with E-state index in [-0.39, 0.29) is 6.07 Å². The first-order chi connectivity index (χ1) is 7.64. The van der Waals surface area contributed by atoms with Crippen molar-refractivity contribution in [2.24, 2.45) is 0 Å². The van der Waals surface area contributed by atoms with Gasteiger partial charge in [-0.2, -0.15) is 17.6 Å². The van der Waals surface area contributed by atoms with E-state index in [0.717, 1.165) is 0 Å². The van der Waals surface area contributed by atoms with E-state index < -0.39 is 40.4 Å². The maximum Gasteiger partial charge on any atom is 0.433 e. The van der Waals surface area contributed by atoms with Crippen molar-refractivity contribution >= 4 is 5.69 Å². The van der Waals surface area contributed by atoms with Crippen molar-refractivity contribution in [3.05, 3.63) is 33.4 Å². The molecule has 94 valence electrons. The van der Waals surface area contributed by atoms with Gasteiger partial charge in [0.1, 0.15) is 0 Å². The molecule has 10 heteroatoms. The number of hydrogen-bond acceptors (Lipinski definition) is 3. The zero-order valence-corrected chi connectivity index (χ0v) is 7.63. The van der Waals surface area contributed by atoms with Crippen LogP contribution >= 0.6 is 0 Å². The molecule has 0 fully saturated rings. The first-order valence-corrected chi connectivity index (χ1v) is 3.84. The third-order valence-corrected chi connectivity index (χ3v) is 1.70. The number of rotatable bonds is 2. The highest BCUT2D eigenvalue weighted by Crippen LogP contribution is 2.36. The number of aromatic nitrogens is 1. The molecule has 4 nitrogen and oxygen atoms in total. The largest absolute Gasteiger partial charge is 0.433 e. The van der Waals surface area contributed by atoms with E-state index in [1.54, 1.807) is 0 Å². The predicted octanol–water partition coefficient (Wildman–Crippen LogP) is 3.09. The molecule has 0 aliphatic rings. The Bertz CT molecular complexity index is 458. The van der Waals surface area contributed by atoms with Crippen LogP contribution in [0.15, 0.2) is 6.07 Å². The molecule has 0 saturated heterocycles. The number of alkyl halides is 5. The van der Waals surface area contributed by atoms with Crippen molar-refractivity contribution in [2.45, 2.75) is 12.6 Å². The van der Waals surface area contributed by atoms with Crippen molar-refractivity contribution < 1.29 is 31.3 Å². The van der Waals surface area contributed by atoms with Crippen LogP contribution in [0, 0.1) is 16.1 Å². The molecule has 0 amide bonds. The Morgan fingerprint density at radius 2 is 1.88 bits per heavy atom. The molecule has 1 heterocycles. The summed E-state index contributed by atoms with van der Waals surface area (Å²) >= 11 is 0. The van der Waals surface area contributed by atoms with Gasteiger partial charge in [-0.15, -0.1) is 0 Å². The summed E-state index contributed by atoms with van der Waals surface area (Å²) in [7, 11) is 0. The van der Waals surface area contributed by atoms with Crippen LogP contribution in [0.25, 0.3) is 0 Å². The maximum absolute atomic E-state index is 12.9. The predicted molar refractivity (Wildman–Crippen MR) is 40.8 cm³/mol. The molecule has 0 aliphatic carbocycles. The first-order valence-electron chi connectivity index (χ1n) is 3.84. The van der Waals surface area contributed by atoms with Gasteiger partial charge in [0.25, 0.3) is 12.1 Å². The van der Waals surface area contributed by atoms with Crippen molar-refractivity contribution in [1.82, 2.24) is 4.98 Å². The van der Waals surface area contributed by atoms with Gasteiger partial charge in [-0.3, -0.25) is 10.1 Å². The highest BCUT2D eigenvalue weighted by atomic mass is 19.4. The Morgan fingerprint density at radius 1 is 1.35 bits per heavy atom. The van der Waals surface area contributed by atoms with Gasteiger partial charge in [-0.05, 0) is 0 Å². The summed E-state index contributed by atoms with van der Waals surface area (Å²) in [5, 5.41) is 10.3. The van der Waals surface area contributed by atoms with Crippen LogP contribution in [-0.2, 0) is 6.18 Å². The van der Waals surface area contributed by atoms with E-state index in [9.17, 15) is 36.5 Å². The van der Waals surface area contributed by atoms with Gasteiger partial charge in [0.15, 0.2) is 11.3 Å². The van der Waals surface area contributed by atoms with Crippen LogP contribution in [0.2, 0.25) is 0 Å².